The average Bonchev–Trinajstić information content (AvgIpc) is 2.61. The Morgan fingerprint density at radius 2 is 2.24 bits per heavy atom. The molecule has 3 nitrogen and oxygen atoms in total. The Morgan fingerprint density at radius 3 is 2.71 bits per heavy atom. The van der Waals surface area contributed by atoms with Crippen molar-refractivity contribution in [2.24, 2.45) is 0 Å². The molecular formula is C9H9ClF3NO2S. The van der Waals surface area contributed by atoms with E-state index in [0.29, 0.717) is 4.34 Å². The van der Waals surface area contributed by atoms with Crippen molar-refractivity contribution >= 4 is 29.0 Å². The zero-order valence-corrected chi connectivity index (χ0v) is 10.2. The number of ether oxygens (including phenoxy) is 1. The first-order valence-electron chi connectivity index (χ1n) is 4.53. The third kappa shape index (κ3) is 5.27. The van der Waals surface area contributed by atoms with Gasteiger partial charge < -0.3 is 10.1 Å². The molecule has 0 radical (unpaired) electrons. The van der Waals surface area contributed by atoms with E-state index in [9.17, 15) is 18.0 Å². The number of alkyl carbamates (subject to hydrolysis) is 1. The molecule has 1 rings (SSSR count). The molecule has 0 fully saturated rings. The molecule has 1 aromatic heterocycles. The van der Waals surface area contributed by atoms with Crippen LogP contribution in [0, 0.1) is 0 Å². The third-order valence-corrected chi connectivity index (χ3v) is 3.14. The predicted octanol–water partition coefficient (Wildman–Crippen LogP) is 3.75. The van der Waals surface area contributed by atoms with Crippen LogP contribution in [0.4, 0.5) is 18.0 Å². The first-order chi connectivity index (χ1) is 7.78. The van der Waals surface area contributed by atoms with Gasteiger partial charge >= 0.3 is 12.3 Å². The van der Waals surface area contributed by atoms with Crippen molar-refractivity contribution in [3.05, 3.63) is 21.3 Å². The number of halogens is 4. The van der Waals surface area contributed by atoms with Crippen molar-refractivity contribution in [2.75, 3.05) is 6.61 Å². The highest BCUT2D eigenvalue weighted by atomic mass is 35.5. The van der Waals surface area contributed by atoms with Gasteiger partial charge in [-0.15, -0.1) is 11.3 Å². The molecule has 1 unspecified atom stereocenters. The van der Waals surface area contributed by atoms with Crippen LogP contribution in [0.15, 0.2) is 12.1 Å². The quantitative estimate of drug-likeness (QED) is 0.919. The van der Waals surface area contributed by atoms with E-state index in [1.54, 1.807) is 19.1 Å². The number of rotatable bonds is 3. The van der Waals surface area contributed by atoms with E-state index in [1.165, 1.54) is 11.3 Å². The maximum absolute atomic E-state index is 11.8. The minimum atomic E-state index is -4.52. The van der Waals surface area contributed by atoms with Gasteiger partial charge in [-0.1, -0.05) is 11.6 Å². The molecule has 1 aromatic rings. The fourth-order valence-electron chi connectivity index (χ4n) is 0.998. The van der Waals surface area contributed by atoms with Crippen LogP contribution in [0.25, 0.3) is 0 Å². The fraction of sp³-hybridized carbons (Fsp3) is 0.444. The normalized spacial score (nSPS) is 13.2. The molecule has 8 heteroatoms. The summed E-state index contributed by atoms with van der Waals surface area (Å²) in [6.07, 6.45) is -5.63. The Hall–Kier alpha value is -0.950. The first kappa shape index (κ1) is 14.1. The van der Waals surface area contributed by atoms with Crippen LogP contribution >= 0.6 is 22.9 Å². The highest BCUT2D eigenvalue weighted by molar-refractivity contribution is 7.16. The summed E-state index contributed by atoms with van der Waals surface area (Å²) in [6, 6.07) is 2.87. The summed E-state index contributed by atoms with van der Waals surface area (Å²) >= 11 is 6.92. The number of thiophene rings is 1. The summed E-state index contributed by atoms with van der Waals surface area (Å²) in [4.78, 5) is 11.8. The maximum atomic E-state index is 11.8. The van der Waals surface area contributed by atoms with Crippen LogP contribution in [0.3, 0.4) is 0 Å². The van der Waals surface area contributed by atoms with Crippen molar-refractivity contribution in [2.45, 2.75) is 19.1 Å². The van der Waals surface area contributed by atoms with Crippen molar-refractivity contribution in [1.82, 2.24) is 5.32 Å². The van der Waals surface area contributed by atoms with E-state index in [1.807, 2.05) is 0 Å². The Morgan fingerprint density at radius 1 is 1.59 bits per heavy atom. The Labute approximate surface area is 105 Å². The van der Waals surface area contributed by atoms with Gasteiger partial charge in [0.05, 0.1) is 10.4 Å². The highest BCUT2D eigenvalue weighted by Gasteiger charge is 2.29. The molecule has 0 aliphatic heterocycles. The number of hydrogen-bond donors (Lipinski definition) is 1. The first-order valence-corrected chi connectivity index (χ1v) is 5.72. The second-order valence-corrected chi connectivity index (χ2v) is 4.95. The van der Waals surface area contributed by atoms with E-state index in [-0.39, 0.29) is 0 Å². The molecule has 96 valence electrons. The Bertz CT molecular complexity index is 394. The Kier molecular flexibility index (Phi) is 4.64. The summed E-state index contributed by atoms with van der Waals surface area (Å²) in [5, 5.41) is 2.27. The van der Waals surface area contributed by atoms with E-state index in [0.717, 1.165) is 4.88 Å². The van der Waals surface area contributed by atoms with Crippen LogP contribution < -0.4 is 5.32 Å². The van der Waals surface area contributed by atoms with Gasteiger partial charge in [-0.2, -0.15) is 13.2 Å². The molecule has 0 saturated heterocycles. The van der Waals surface area contributed by atoms with Crippen LogP contribution in [0.5, 0.6) is 0 Å². The number of carbonyl (C=O) groups is 1. The summed E-state index contributed by atoms with van der Waals surface area (Å²) in [5.41, 5.74) is 0. The molecular weight excluding hydrogens is 279 g/mol. The van der Waals surface area contributed by atoms with Crippen LogP contribution in [-0.4, -0.2) is 18.9 Å². The van der Waals surface area contributed by atoms with Gasteiger partial charge in [-0.05, 0) is 19.1 Å². The third-order valence-electron chi connectivity index (χ3n) is 1.72. The summed E-state index contributed by atoms with van der Waals surface area (Å²) in [6.45, 7) is 0.0216. The molecule has 0 aliphatic carbocycles. The lowest BCUT2D eigenvalue weighted by Gasteiger charge is -2.13. The molecule has 1 amide bonds. The van der Waals surface area contributed by atoms with Gasteiger partial charge in [0, 0.05) is 4.88 Å². The van der Waals surface area contributed by atoms with Gasteiger partial charge in [-0.3, -0.25) is 0 Å². The summed E-state index contributed by atoms with van der Waals surface area (Å²) in [7, 11) is 0. The summed E-state index contributed by atoms with van der Waals surface area (Å²) < 4.78 is 39.8. The van der Waals surface area contributed by atoms with Crippen LogP contribution in [0.1, 0.15) is 17.8 Å². The molecule has 17 heavy (non-hydrogen) atoms. The van der Waals surface area contributed by atoms with E-state index in [4.69, 9.17) is 11.6 Å². The molecule has 1 heterocycles. The standard InChI is InChI=1S/C9H9ClF3NO2S/c1-5(6-2-3-7(10)17-6)14-8(15)16-4-9(11,12)13/h2-3,5H,4H2,1H3,(H,14,15). The zero-order chi connectivity index (χ0) is 13.1. The van der Waals surface area contributed by atoms with Gasteiger partial charge in [-0.25, -0.2) is 4.79 Å². The lowest BCUT2D eigenvalue weighted by Crippen LogP contribution is -2.30. The monoisotopic (exact) mass is 287 g/mol. The van der Waals surface area contributed by atoms with Gasteiger partial charge in [0.1, 0.15) is 0 Å². The van der Waals surface area contributed by atoms with Gasteiger partial charge in [0.2, 0.25) is 0 Å². The minimum Gasteiger partial charge on any atom is -0.440 e. The zero-order valence-electron chi connectivity index (χ0n) is 8.68. The molecule has 0 saturated carbocycles. The van der Waals surface area contributed by atoms with E-state index < -0.39 is 24.9 Å². The topological polar surface area (TPSA) is 38.3 Å². The largest absolute Gasteiger partial charge is 0.440 e. The maximum Gasteiger partial charge on any atom is 0.422 e. The molecule has 0 spiro atoms. The number of nitrogens with one attached hydrogen (secondary N) is 1. The number of hydrogen-bond acceptors (Lipinski definition) is 3. The van der Waals surface area contributed by atoms with Crippen molar-refractivity contribution in [3.8, 4) is 0 Å². The predicted molar refractivity (Wildman–Crippen MR) is 58.3 cm³/mol. The van der Waals surface area contributed by atoms with Gasteiger partial charge in [0.15, 0.2) is 6.61 Å². The van der Waals surface area contributed by atoms with E-state index in [2.05, 4.69) is 10.1 Å². The Balaban J connectivity index is 2.41. The van der Waals surface area contributed by atoms with Gasteiger partial charge in [0.25, 0.3) is 0 Å². The fourth-order valence-corrected chi connectivity index (χ4v) is 2.06. The number of carbonyl (C=O) groups excluding carboxylic acids is 1. The van der Waals surface area contributed by atoms with Crippen molar-refractivity contribution < 1.29 is 22.7 Å². The lowest BCUT2D eigenvalue weighted by atomic mass is 10.3. The smallest absolute Gasteiger partial charge is 0.422 e. The van der Waals surface area contributed by atoms with Crippen molar-refractivity contribution in [1.29, 1.82) is 0 Å². The lowest BCUT2D eigenvalue weighted by molar-refractivity contribution is -0.160. The molecule has 1 atom stereocenters. The summed E-state index contributed by atoms with van der Waals surface area (Å²) in [5.74, 6) is 0. The molecule has 0 aromatic carbocycles. The molecule has 1 N–H and O–H groups in total. The SMILES string of the molecule is CC(NC(=O)OCC(F)(F)F)c1ccc(Cl)s1. The highest BCUT2D eigenvalue weighted by Crippen LogP contribution is 2.26. The number of amides is 1. The van der Waals surface area contributed by atoms with E-state index >= 15 is 0 Å². The second-order valence-electron chi connectivity index (χ2n) is 3.20. The van der Waals surface area contributed by atoms with Crippen molar-refractivity contribution in [3.63, 3.8) is 0 Å². The van der Waals surface area contributed by atoms with Crippen LogP contribution in [-0.2, 0) is 4.74 Å². The second kappa shape index (κ2) is 5.59. The molecule has 0 bridgehead atoms. The molecule has 0 aliphatic rings. The van der Waals surface area contributed by atoms with Crippen LogP contribution in [0.2, 0.25) is 4.34 Å². The average molecular weight is 288 g/mol. The minimum absolute atomic E-state index is 0.451. The number of alkyl halides is 3.